The van der Waals surface area contributed by atoms with Crippen molar-refractivity contribution in [2.24, 2.45) is 7.05 Å². The Bertz CT molecular complexity index is 489. The third-order valence-electron chi connectivity index (χ3n) is 1.99. The van der Waals surface area contributed by atoms with Crippen LogP contribution in [0.1, 0.15) is 0 Å². The second kappa shape index (κ2) is 3.23. The number of nitrogens with two attached hydrogens (primary N) is 1. The molecule has 0 amide bonds. The van der Waals surface area contributed by atoms with E-state index in [1.165, 1.54) is 16.8 Å². The first-order valence-electron chi connectivity index (χ1n) is 4.23. The van der Waals surface area contributed by atoms with Gasteiger partial charge in [-0.2, -0.15) is 4.98 Å². The molecule has 0 aliphatic heterocycles. The van der Waals surface area contributed by atoms with Gasteiger partial charge in [0.25, 0.3) is 0 Å². The SMILES string of the molecule is Cn1nc(-c2ccc(O)cc2F)nc1N. The Hall–Kier alpha value is -2.11. The molecule has 2 rings (SSSR count). The zero-order chi connectivity index (χ0) is 11.0. The van der Waals surface area contributed by atoms with Gasteiger partial charge < -0.3 is 10.8 Å². The molecule has 0 saturated carbocycles. The Morgan fingerprint density at radius 2 is 2.20 bits per heavy atom. The molecular weight excluding hydrogens is 199 g/mol. The summed E-state index contributed by atoms with van der Waals surface area (Å²) >= 11 is 0. The summed E-state index contributed by atoms with van der Waals surface area (Å²) in [7, 11) is 1.62. The van der Waals surface area contributed by atoms with E-state index in [0.29, 0.717) is 0 Å². The van der Waals surface area contributed by atoms with Crippen LogP contribution >= 0.6 is 0 Å². The molecule has 0 bridgehead atoms. The molecule has 0 atom stereocenters. The minimum Gasteiger partial charge on any atom is -0.508 e. The molecule has 78 valence electrons. The zero-order valence-electron chi connectivity index (χ0n) is 7.98. The van der Waals surface area contributed by atoms with E-state index in [4.69, 9.17) is 10.8 Å². The van der Waals surface area contributed by atoms with E-state index in [1.807, 2.05) is 0 Å². The van der Waals surface area contributed by atoms with E-state index < -0.39 is 5.82 Å². The Morgan fingerprint density at radius 3 is 2.73 bits per heavy atom. The third kappa shape index (κ3) is 1.61. The van der Waals surface area contributed by atoms with Crippen LogP contribution in [-0.4, -0.2) is 19.9 Å². The number of phenols is 1. The first-order valence-corrected chi connectivity index (χ1v) is 4.23. The molecule has 3 N–H and O–H groups in total. The molecule has 1 aromatic heterocycles. The lowest BCUT2D eigenvalue weighted by atomic mass is 10.2. The number of halogens is 1. The standard InChI is InChI=1S/C9H9FN4O/c1-14-9(11)12-8(13-14)6-3-2-5(15)4-7(6)10/h2-4,15H,1H3,(H2,11,12,13). The molecule has 0 saturated heterocycles. The number of nitrogens with zero attached hydrogens (tertiary/aromatic N) is 3. The summed E-state index contributed by atoms with van der Waals surface area (Å²) < 4.78 is 14.7. The highest BCUT2D eigenvalue weighted by Crippen LogP contribution is 2.23. The van der Waals surface area contributed by atoms with Gasteiger partial charge in [0.05, 0.1) is 5.56 Å². The second-order valence-corrected chi connectivity index (χ2v) is 3.08. The van der Waals surface area contributed by atoms with Crippen LogP contribution in [0.3, 0.4) is 0 Å². The van der Waals surface area contributed by atoms with Crippen molar-refractivity contribution in [2.45, 2.75) is 0 Å². The van der Waals surface area contributed by atoms with Crippen LogP contribution in [0, 0.1) is 5.82 Å². The molecule has 1 heterocycles. The van der Waals surface area contributed by atoms with E-state index >= 15 is 0 Å². The van der Waals surface area contributed by atoms with Crippen molar-refractivity contribution >= 4 is 5.95 Å². The third-order valence-corrected chi connectivity index (χ3v) is 1.99. The summed E-state index contributed by atoms with van der Waals surface area (Å²) in [5.74, 6) is -0.314. The van der Waals surface area contributed by atoms with Crippen molar-refractivity contribution in [1.82, 2.24) is 14.8 Å². The first-order chi connectivity index (χ1) is 7.08. The lowest BCUT2D eigenvalue weighted by Gasteiger charge is -1.98. The van der Waals surface area contributed by atoms with Gasteiger partial charge in [0.15, 0.2) is 5.82 Å². The molecule has 5 nitrogen and oxygen atoms in total. The van der Waals surface area contributed by atoms with Gasteiger partial charge in [-0.1, -0.05) is 0 Å². The fraction of sp³-hybridized carbons (Fsp3) is 0.111. The van der Waals surface area contributed by atoms with Gasteiger partial charge in [0, 0.05) is 13.1 Å². The van der Waals surface area contributed by atoms with E-state index in [-0.39, 0.29) is 23.1 Å². The number of benzene rings is 1. The number of rotatable bonds is 1. The van der Waals surface area contributed by atoms with Crippen molar-refractivity contribution in [1.29, 1.82) is 0 Å². The normalized spacial score (nSPS) is 10.5. The smallest absolute Gasteiger partial charge is 0.218 e. The van der Waals surface area contributed by atoms with Gasteiger partial charge >= 0.3 is 0 Å². The summed E-state index contributed by atoms with van der Waals surface area (Å²) in [6, 6.07) is 3.77. The molecular formula is C9H9FN4O. The lowest BCUT2D eigenvalue weighted by Crippen LogP contribution is -1.97. The largest absolute Gasteiger partial charge is 0.508 e. The van der Waals surface area contributed by atoms with Crippen molar-refractivity contribution in [3.05, 3.63) is 24.0 Å². The van der Waals surface area contributed by atoms with E-state index in [0.717, 1.165) is 6.07 Å². The summed E-state index contributed by atoms with van der Waals surface area (Å²) in [4.78, 5) is 3.88. The number of hydrogen-bond donors (Lipinski definition) is 2. The number of aromatic nitrogens is 3. The number of aromatic hydroxyl groups is 1. The van der Waals surface area contributed by atoms with Crippen molar-refractivity contribution in [3.8, 4) is 17.1 Å². The van der Waals surface area contributed by atoms with E-state index in [9.17, 15) is 4.39 Å². The molecule has 0 unspecified atom stereocenters. The Kier molecular flexibility index (Phi) is 2.03. The molecule has 0 radical (unpaired) electrons. The van der Waals surface area contributed by atoms with Crippen LogP contribution in [0.4, 0.5) is 10.3 Å². The topological polar surface area (TPSA) is 77.0 Å². The van der Waals surface area contributed by atoms with Gasteiger partial charge in [-0.3, -0.25) is 0 Å². The molecule has 6 heteroatoms. The van der Waals surface area contributed by atoms with Gasteiger partial charge in [0.2, 0.25) is 5.95 Å². The van der Waals surface area contributed by atoms with Crippen LogP contribution in [0.2, 0.25) is 0 Å². The van der Waals surface area contributed by atoms with E-state index in [2.05, 4.69) is 10.1 Å². The number of anilines is 1. The number of phenolic OH excluding ortho intramolecular Hbond substituents is 1. The maximum Gasteiger partial charge on any atom is 0.218 e. The minimum absolute atomic E-state index is 0.139. The number of hydrogen-bond acceptors (Lipinski definition) is 4. The van der Waals surface area contributed by atoms with Gasteiger partial charge in [0.1, 0.15) is 11.6 Å². The average Bonchev–Trinajstić information content (AvgIpc) is 2.46. The molecule has 1 aromatic carbocycles. The fourth-order valence-electron chi connectivity index (χ4n) is 1.20. The van der Waals surface area contributed by atoms with Crippen LogP contribution in [0.25, 0.3) is 11.4 Å². The van der Waals surface area contributed by atoms with Crippen molar-refractivity contribution < 1.29 is 9.50 Å². The highest BCUT2D eigenvalue weighted by atomic mass is 19.1. The predicted molar refractivity (Wildman–Crippen MR) is 52.5 cm³/mol. The number of aryl methyl sites for hydroxylation is 1. The van der Waals surface area contributed by atoms with Crippen LogP contribution < -0.4 is 5.73 Å². The van der Waals surface area contributed by atoms with Gasteiger partial charge in [-0.25, -0.2) is 9.07 Å². The summed E-state index contributed by atoms with van der Waals surface area (Å²) in [6.07, 6.45) is 0. The molecule has 0 spiro atoms. The number of nitrogen functional groups attached to an aromatic ring is 1. The summed E-state index contributed by atoms with van der Waals surface area (Å²) in [5, 5.41) is 13.0. The first kappa shape index (κ1) is 9.45. The van der Waals surface area contributed by atoms with E-state index in [1.54, 1.807) is 7.05 Å². The van der Waals surface area contributed by atoms with Crippen LogP contribution in [0.15, 0.2) is 18.2 Å². The molecule has 15 heavy (non-hydrogen) atoms. The summed E-state index contributed by atoms with van der Waals surface area (Å²) in [6.45, 7) is 0. The highest BCUT2D eigenvalue weighted by Gasteiger charge is 2.11. The molecule has 0 fully saturated rings. The second-order valence-electron chi connectivity index (χ2n) is 3.08. The van der Waals surface area contributed by atoms with Crippen LogP contribution in [-0.2, 0) is 7.05 Å². The lowest BCUT2D eigenvalue weighted by molar-refractivity contribution is 0.469. The predicted octanol–water partition coefficient (Wildman–Crippen LogP) is 0.909. The maximum atomic E-state index is 13.4. The monoisotopic (exact) mass is 208 g/mol. The molecule has 0 aliphatic carbocycles. The van der Waals surface area contributed by atoms with Crippen molar-refractivity contribution in [2.75, 3.05) is 5.73 Å². The zero-order valence-corrected chi connectivity index (χ0v) is 7.98. The molecule has 2 aromatic rings. The Balaban J connectivity index is 2.54. The minimum atomic E-state index is -0.583. The highest BCUT2D eigenvalue weighted by molar-refractivity contribution is 5.58. The molecule has 0 aliphatic rings. The quantitative estimate of drug-likeness (QED) is 0.730. The summed E-state index contributed by atoms with van der Waals surface area (Å²) in [5.41, 5.74) is 5.68. The Morgan fingerprint density at radius 1 is 1.47 bits per heavy atom. The average molecular weight is 208 g/mol. The fourth-order valence-corrected chi connectivity index (χ4v) is 1.20. The maximum absolute atomic E-state index is 13.4. The van der Waals surface area contributed by atoms with Gasteiger partial charge in [-0.05, 0) is 12.1 Å². The van der Waals surface area contributed by atoms with Crippen molar-refractivity contribution in [3.63, 3.8) is 0 Å². The van der Waals surface area contributed by atoms with Gasteiger partial charge in [-0.15, -0.1) is 5.10 Å². The Labute approximate surface area is 85.0 Å². The van der Waals surface area contributed by atoms with Crippen LogP contribution in [0.5, 0.6) is 5.75 Å².